The average Bonchev–Trinajstić information content (AvgIpc) is 3.19. The third kappa shape index (κ3) is 4.26. The van der Waals surface area contributed by atoms with Gasteiger partial charge in [-0.1, -0.05) is 43.3 Å². The standard InChI is InChI=1S/C31H31NO5/c1-6-20-7-10-22(11-8-20)27-26-28(33)23-16-18(2)15-19(3)29(23)37-30(26)31(34)32(27)14-13-21-9-12-24(35-4)25(17-21)36-5/h7-12,15-17,27H,6,13-14H2,1-5H3. The number of ether oxygens (including phenoxy) is 2. The van der Waals surface area contributed by atoms with Gasteiger partial charge in [-0.2, -0.15) is 0 Å². The van der Waals surface area contributed by atoms with Crippen LogP contribution >= 0.6 is 0 Å². The average molecular weight is 498 g/mol. The van der Waals surface area contributed by atoms with Crippen LogP contribution in [0.4, 0.5) is 0 Å². The summed E-state index contributed by atoms with van der Waals surface area (Å²) in [5, 5.41) is 0.515. The van der Waals surface area contributed by atoms with E-state index in [9.17, 15) is 9.59 Å². The molecule has 6 heteroatoms. The maximum Gasteiger partial charge on any atom is 0.290 e. The quantitative estimate of drug-likeness (QED) is 0.324. The van der Waals surface area contributed by atoms with Crippen molar-refractivity contribution >= 4 is 16.9 Å². The van der Waals surface area contributed by atoms with Gasteiger partial charge in [-0.05, 0) is 72.7 Å². The molecule has 0 aliphatic carbocycles. The Morgan fingerprint density at radius 3 is 2.27 bits per heavy atom. The Hall–Kier alpha value is -4.06. The molecular weight excluding hydrogens is 466 g/mol. The predicted octanol–water partition coefficient (Wildman–Crippen LogP) is 5.78. The first-order chi connectivity index (χ1) is 17.9. The number of methoxy groups -OCH3 is 2. The number of nitrogens with zero attached hydrogens (tertiary/aromatic N) is 1. The summed E-state index contributed by atoms with van der Waals surface area (Å²) in [4.78, 5) is 29.4. The van der Waals surface area contributed by atoms with Crippen molar-refractivity contribution in [1.82, 2.24) is 4.90 Å². The Bertz CT molecular complexity index is 1550. The summed E-state index contributed by atoms with van der Waals surface area (Å²) in [5.74, 6) is 1.16. The fourth-order valence-corrected chi connectivity index (χ4v) is 5.27. The molecule has 1 atom stereocenters. The fourth-order valence-electron chi connectivity index (χ4n) is 5.27. The lowest BCUT2D eigenvalue weighted by atomic mass is 9.96. The largest absolute Gasteiger partial charge is 0.493 e. The second kappa shape index (κ2) is 9.77. The van der Waals surface area contributed by atoms with Gasteiger partial charge in [-0.3, -0.25) is 9.59 Å². The number of carbonyl (C=O) groups is 1. The van der Waals surface area contributed by atoms with E-state index in [1.165, 1.54) is 5.56 Å². The second-order valence-corrected chi connectivity index (χ2v) is 9.57. The highest BCUT2D eigenvalue weighted by Gasteiger charge is 2.42. The van der Waals surface area contributed by atoms with Crippen molar-refractivity contribution in [2.45, 2.75) is 39.7 Å². The highest BCUT2D eigenvalue weighted by atomic mass is 16.5. The van der Waals surface area contributed by atoms with E-state index in [1.54, 1.807) is 19.1 Å². The Morgan fingerprint density at radius 2 is 1.59 bits per heavy atom. The zero-order valence-corrected chi connectivity index (χ0v) is 21.9. The van der Waals surface area contributed by atoms with Crippen molar-refractivity contribution in [3.05, 3.63) is 104 Å². The van der Waals surface area contributed by atoms with Crippen LogP contribution in [0.5, 0.6) is 11.5 Å². The number of fused-ring (bicyclic) bond motifs is 2. The molecule has 5 rings (SSSR count). The number of hydrogen-bond acceptors (Lipinski definition) is 5. The van der Waals surface area contributed by atoms with E-state index in [2.05, 4.69) is 19.1 Å². The van der Waals surface area contributed by atoms with Crippen LogP contribution in [0, 0.1) is 13.8 Å². The summed E-state index contributed by atoms with van der Waals surface area (Å²) in [6.07, 6.45) is 1.49. The maximum atomic E-state index is 13.9. The van der Waals surface area contributed by atoms with E-state index in [4.69, 9.17) is 13.9 Å². The van der Waals surface area contributed by atoms with Gasteiger partial charge >= 0.3 is 0 Å². The smallest absolute Gasteiger partial charge is 0.290 e. The van der Waals surface area contributed by atoms with Crippen molar-refractivity contribution in [3.63, 3.8) is 0 Å². The molecule has 2 heterocycles. The molecule has 0 radical (unpaired) electrons. The number of amides is 1. The third-order valence-corrected chi connectivity index (χ3v) is 7.19. The second-order valence-electron chi connectivity index (χ2n) is 9.57. The molecule has 1 aromatic heterocycles. The van der Waals surface area contributed by atoms with E-state index < -0.39 is 6.04 Å². The SMILES string of the molecule is CCc1ccc(C2c3c(oc4c(C)cc(C)cc4c3=O)C(=O)N2CCc2ccc(OC)c(OC)c2)cc1. The van der Waals surface area contributed by atoms with Crippen molar-refractivity contribution < 1.29 is 18.7 Å². The Labute approximate surface area is 216 Å². The lowest BCUT2D eigenvalue weighted by Gasteiger charge is -2.25. The maximum absolute atomic E-state index is 13.9. The van der Waals surface area contributed by atoms with Gasteiger partial charge in [0, 0.05) is 6.54 Å². The van der Waals surface area contributed by atoms with E-state index in [-0.39, 0.29) is 17.1 Å². The molecule has 1 aliphatic rings. The van der Waals surface area contributed by atoms with E-state index in [0.29, 0.717) is 41.0 Å². The Balaban J connectivity index is 1.61. The molecule has 4 aromatic rings. The van der Waals surface area contributed by atoms with Crippen LogP contribution in [0.25, 0.3) is 11.0 Å². The van der Waals surface area contributed by atoms with Gasteiger partial charge in [0.1, 0.15) is 5.58 Å². The molecule has 37 heavy (non-hydrogen) atoms. The van der Waals surface area contributed by atoms with Crippen LogP contribution in [-0.2, 0) is 12.8 Å². The first kappa shape index (κ1) is 24.6. The van der Waals surface area contributed by atoms with Gasteiger partial charge in [0.05, 0.1) is 31.2 Å². The molecule has 0 spiro atoms. The normalized spacial score (nSPS) is 14.8. The van der Waals surface area contributed by atoms with Crippen LogP contribution in [0.2, 0.25) is 0 Å². The van der Waals surface area contributed by atoms with Crippen LogP contribution in [0.3, 0.4) is 0 Å². The highest BCUT2D eigenvalue weighted by Crippen LogP contribution is 2.39. The summed E-state index contributed by atoms with van der Waals surface area (Å²) >= 11 is 0. The third-order valence-electron chi connectivity index (χ3n) is 7.19. The number of hydrogen-bond donors (Lipinski definition) is 0. The topological polar surface area (TPSA) is 69.0 Å². The number of rotatable bonds is 7. The van der Waals surface area contributed by atoms with Crippen LogP contribution in [-0.4, -0.2) is 31.6 Å². The van der Waals surface area contributed by atoms with Crippen LogP contribution < -0.4 is 14.9 Å². The van der Waals surface area contributed by atoms with Crippen LogP contribution in [0.15, 0.2) is 63.8 Å². The summed E-state index contributed by atoms with van der Waals surface area (Å²) in [6.45, 7) is 6.37. The van der Waals surface area contributed by atoms with Gasteiger partial charge in [0.25, 0.3) is 5.91 Å². The van der Waals surface area contributed by atoms with Crippen molar-refractivity contribution in [3.8, 4) is 11.5 Å². The molecule has 6 nitrogen and oxygen atoms in total. The minimum atomic E-state index is -0.519. The molecule has 190 valence electrons. The Kier molecular flexibility index (Phi) is 6.50. The monoisotopic (exact) mass is 497 g/mol. The summed E-state index contributed by atoms with van der Waals surface area (Å²) in [7, 11) is 3.20. The Morgan fingerprint density at radius 1 is 0.892 bits per heavy atom. The molecule has 0 N–H and O–H groups in total. The van der Waals surface area contributed by atoms with E-state index >= 15 is 0 Å². The fraction of sp³-hybridized carbons (Fsp3) is 0.290. The minimum absolute atomic E-state index is 0.140. The lowest BCUT2D eigenvalue weighted by molar-refractivity contribution is 0.0730. The molecule has 0 saturated carbocycles. The molecular formula is C31H31NO5. The zero-order valence-electron chi connectivity index (χ0n) is 21.9. The lowest BCUT2D eigenvalue weighted by Crippen LogP contribution is -2.31. The summed E-state index contributed by atoms with van der Waals surface area (Å²) in [6, 6.07) is 17.2. The van der Waals surface area contributed by atoms with Gasteiger partial charge in [-0.15, -0.1) is 0 Å². The van der Waals surface area contributed by atoms with Gasteiger partial charge in [0.2, 0.25) is 5.76 Å². The molecule has 0 saturated heterocycles. The van der Waals surface area contributed by atoms with Crippen molar-refractivity contribution in [1.29, 1.82) is 0 Å². The van der Waals surface area contributed by atoms with Crippen molar-refractivity contribution in [2.75, 3.05) is 20.8 Å². The minimum Gasteiger partial charge on any atom is -0.493 e. The first-order valence-corrected chi connectivity index (χ1v) is 12.5. The molecule has 3 aromatic carbocycles. The van der Waals surface area contributed by atoms with Gasteiger partial charge in [-0.25, -0.2) is 0 Å². The molecule has 1 unspecified atom stereocenters. The highest BCUT2D eigenvalue weighted by molar-refractivity contribution is 5.99. The number of benzene rings is 3. The summed E-state index contributed by atoms with van der Waals surface area (Å²) < 4.78 is 17.0. The zero-order chi connectivity index (χ0) is 26.3. The summed E-state index contributed by atoms with van der Waals surface area (Å²) in [5.41, 5.74) is 5.66. The predicted molar refractivity (Wildman–Crippen MR) is 144 cm³/mol. The number of aryl methyl sites for hydroxylation is 3. The molecule has 1 aliphatic heterocycles. The molecule has 0 bridgehead atoms. The number of carbonyl (C=O) groups excluding carboxylic acids is 1. The van der Waals surface area contributed by atoms with Crippen molar-refractivity contribution in [2.24, 2.45) is 0 Å². The van der Waals surface area contributed by atoms with E-state index in [1.807, 2.05) is 56.3 Å². The van der Waals surface area contributed by atoms with Crippen LogP contribution in [0.1, 0.15) is 56.9 Å². The molecule has 0 fully saturated rings. The van der Waals surface area contributed by atoms with Gasteiger partial charge < -0.3 is 18.8 Å². The molecule has 1 amide bonds. The first-order valence-electron chi connectivity index (χ1n) is 12.5. The van der Waals surface area contributed by atoms with Gasteiger partial charge in [0.15, 0.2) is 16.9 Å². The van der Waals surface area contributed by atoms with E-state index in [0.717, 1.165) is 28.7 Å².